The highest BCUT2D eigenvalue weighted by Gasteiger charge is 2.28. The van der Waals surface area contributed by atoms with E-state index in [2.05, 4.69) is 137 Å². The third kappa shape index (κ3) is 5.77. The number of hydrogen-bond acceptors (Lipinski definition) is 2. The van der Waals surface area contributed by atoms with Crippen LogP contribution in [0, 0.1) is 0 Å². The zero-order valence-corrected chi connectivity index (χ0v) is 28.1. The van der Waals surface area contributed by atoms with Crippen LogP contribution < -0.4 is 0 Å². The second-order valence-electron chi connectivity index (χ2n) is 11.9. The third-order valence-corrected chi connectivity index (χ3v) is 8.06. The Bertz CT molecular complexity index is 2310. The Morgan fingerprint density at radius 1 is 0.489 bits per heavy atom. The van der Waals surface area contributed by atoms with E-state index in [1.807, 2.05) is 25.1 Å². The SMILES string of the molecule is C=CC.CCC.CCC.c1ccc2c3c(oc2c1)-c1ccc(-c2ccc(-c4ccc5c(c4)oc4ccccc45)cc2)c2cccc-3c12. The lowest BCUT2D eigenvalue weighted by atomic mass is 9.93. The normalized spacial score (nSPS) is 10.9. The van der Waals surface area contributed by atoms with Crippen molar-refractivity contribution >= 4 is 43.7 Å². The van der Waals surface area contributed by atoms with Crippen molar-refractivity contribution in [1.82, 2.24) is 0 Å². The van der Waals surface area contributed by atoms with Crippen molar-refractivity contribution in [3.63, 3.8) is 0 Å². The third-order valence-electron chi connectivity index (χ3n) is 8.06. The van der Waals surface area contributed by atoms with Crippen molar-refractivity contribution in [2.75, 3.05) is 0 Å². The molecule has 47 heavy (non-hydrogen) atoms. The molecule has 0 aliphatic heterocycles. The Labute approximate surface area is 278 Å². The number of fused-ring (bicyclic) bond motifs is 8. The topological polar surface area (TPSA) is 26.3 Å². The smallest absolute Gasteiger partial charge is 0.143 e. The fourth-order valence-corrected chi connectivity index (χ4v) is 6.31. The monoisotopic (exact) mass is 614 g/mol. The second-order valence-corrected chi connectivity index (χ2v) is 11.9. The minimum atomic E-state index is 0.921. The van der Waals surface area contributed by atoms with Gasteiger partial charge in [0.2, 0.25) is 0 Å². The standard InChI is InChI=1S/C36H20O2.2C3H8.C3H6/c1-3-10-31-25(6-1)26-17-16-23(20-33(26)37-31)21-12-14-22(15-13-21)24-18-19-30-34-27(24)8-5-9-29(34)35-28-7-2-4-11-32(28)38-36(30)35;3*1-3-2/h1-20H;2*3H2,1-2H3;3H,1H2,2H3. The summed E-state index contributed by atoms with van der Waals surface area (Å²) in [5.74, 6) is 0.986. The molecule has 6 aromatic carbocycles. The fraction of sp³-hybridized carbons (Fsp3) is 0.156. The molecule has 8 aromatic rings. The Balaban J connectivity index is 0.000000390. The van der Waals surface area contributed by atoms with Gasteiger partial charge in [-0.15, -0.1) is 6.58 Å². The maximum absolute atomic E-state index is 6.34. The van der Waals surface area contributed by atoms with E-state index < -0.39 is 0 Å². The van der Waals surface area contributed by atoms with E-state index in [-0.39, 0.29) is 0 Å². The van der Waals surface area contributed by atoms with Gasteiger partial charge in [0.1, 0.15) is 22.5 Å². The number of hydrogen-bond donors (Lipinski definition) is 0. The van der Waals surface area contributed by atoms with Crippen LogP contribution in [-0.4, -0.2) is 0 Å². The molecule has 0 fully saturated rings. The largest absolute Gasteiger partial charge is 0.456 e. The molecule has 0 N–H and O–H groups in total. The first-order valence-electron chi connectivity index (χ1n) is 16.7. The zero-order chi connectivity index (χ0) is 32.9. The van der Waals surface area contributed by atoms with Crippen LogP contribution in [0.3, 0.4) is 0 Å². The van der Waals surface area contributed by atoms with E-state index in [0.29, 0.717) is 0 Å². The molecule has 0 amide bonds. The number of para-hydroxylation sites is 2. The molecule has 234 valence electrons. The number of furan rings is 2. The lowest BCUT2D eigenvalue weighted by Gasteiger charge is -2.11. The van der Waals surface area contributed by atoms with Crippen molar-refractivity contribution in [1.29, 1.82) is 0 Å². The predicted octanol–water partition coefficient (Wildman–Crippen LogP) is 14.5. The first-order valence-corrected chi connectivity index (χ1v) is 16.7. The molecular formula is C45H42O2. The highest BCUT2D eigenvalue weighted by molar-refractivity contribution is 6.22. The zero-order valence-electron chi connectivity index (χ0n) is 28.1. The lowest BCUT2D eigenvalue weighted by Crippen LogP contribution is -1.85. The van der Waals surface area contributed by atoms with Gasteiger partial charge < -0.3 is 8.83 Å². The van der Waals surface area contributed by atoms with Crippen LogP contribution >= 0.6 is 0 Å². The lowest BCUT2D eigenvalue weighted by molar-refractivity contribution is 0.634. The Morgan fingerprint density at radius 2 is 1.02 bits per heavy atom. The van der Waals surface area contributed by atoms with Crippen molar-refractivity contribution in [2.45, 2.75) is 47.5 Å². The molecule has 0 saturated carbocycles. The average Bonchev–Trinajstić information content (AvgIpc) is 3.76. The molecule has 2 heterocycles. The summed E-state index contributed by atoms with van der Waals surface area (Å²) in [4.78, 5) is 0. The summed E-state index contributed by atoms with van der Waals surface area (Å²) in [6.45, 7) is 13.8. The Morgan fingerprint density at radius 3 is 1.72 bits per heavy atom. The van der Waals surface area contributed by atoms with Gasteiger partial charge in [-0.2, -0.15) is 0 Å². The molecule has 9 rings (SSSR count). The maximum atomic E-state index is 6.34. The van der Waals surface area contributed by atoms with Crippen molar-refractivity contribution in [3.05, 3.63) is 134 Å². The minimum absolute atomic E-state index is 0.921. The van der Waals surface area contributed by atoms with Crippen molar-refractivity contribution in [3.8, 4) is 44.7 Å². The summed E-state index contributed by atoms with van der Waals surface area (Å²) in [6.07, 6.45) is 4.25. The van der Waals surface area contributed by atoms with Crippen molar-refractivity contribution < 1.29 is 8.83 Å². The predicted molar refractivity (Wildman–Crippen MR) is 204 cm³/mol. The molecule has 1 aliphatic carbocycles. The molecule has 0 spiro atoms. The van der Waals surface area contributed by atoms with Gasteiger partial charge in [-0.3, -0.25) is 0 Å². The summed E-state index contributed by atoms with van der Waals surface area (Å²) in [5.41, 5.74) is 11.2. The number of rotatable bonds is 2. The summed E-state index contributed by atoms with van der Waals surface area (Å²) < 4.78 is 12.5. The van der Waals surface area contributed by atoms with Crippen LogP contribution in [0.15, 0.2) is 143 Å². The molecular weight excluding hydrogens is 572 g/mol. The first-order chi connectivity index (χ1) is 23.1. The van der Waals surface area contributed by atoms with Gasteiger partial charge in [0.05, 0.1) is 0 Å². The van der Waals surface area contributed by atoms with Gasteiger partial charge in [-0.1, -0.05) is 138 Å². The van der Waals surface area contributed by atoms with E-state index in [9.17, 15) is 0 Å². The van der Waals surface area contributed by atoms with Crippen LogP contribution in [0.25, 0.3) is 88.4 Å². The fourth-order valence-electron chi connectivity index (χ4n) is 6.31. The molecule has 2 aromatic heterocycles. The maximum Gasteiger partial charge on any atom is 0.143 e. The summed E-state index contributed by atoms with van der Waals surface area (Å²) in [7, 11) is 0. The average molecular weight is 615 g/mol. The molecule has 2 heteroatoms. The van der Waals surface area contributed by atoms with Gasteiger partial charge in [-0.05, 0) is 70.5 Å². The summed E-state index contributed by atoms with van der Waals surface area (Å²) >= 11 is 0. The first kappa shape index (κ1) is 31.6. The summed E-state index contributed by atoms with van der Waals surface area (Å²) in [5, 5.41) is 6.03. The van der Waals surface area contributed by atoms with Gasteiger partial charge in [0, 0.05) is 32.7 Å². The highest BCUT2D eigenvalue weighted by Crippen LogP contribution is 2.53. The number of allylic oxidation sites excluding steroid dienone is 1. The van der Waals surface area contributed by atoms with E-state index in [1.54, 1.807) is 6.08 Å². The molecule has 0 unspecified atom stereocenters. The second kappa shape index (κ2) is 14.0. The van der Waals surface area contributed by atoms with Gasteiger partial charge in [0.25, 0.3) is 0 Å². The van der Waals surface area contributed by atoms with Crippen LogP contribution in [0.1, 0.15) is 47.5 Å². The van der Waals surface area contributed by atoms with Crippen LogP contribution in [0.2, 0.25) is 0 Å². The molecule has 0 radical (unpaired) electrons. The minimum Gasteiger partial charge on any atom is -0.456 e. The van der Waals surface area contributed by atoms with Gasteiger partial charge in [-0.25, -0.2) is 0 Å². The van der Waals surface area contributed by atoms with Crippen LogP contribution in [-0.2, 0) is 0 Å². The van der Waals surface area contributed by atoms with E-state index in [1.165, 1.54) is 62.4 Å². The van der Waals surface area contributed by atoms with Crippen molar-refractivity contribution in [2.24, 2.45) is 0 Å². The van der Waals surface area contributed by atoms with E-state index in [0.717, 1.165) is 38.8 Å². The molecule has 2 nitrogen and oxygen atoms in total. The quantitative estimate of drug-likeness (QED) is 0.181. The summed E-state index contributed by atoms with van der Waals surface area (Å²) in [6, 6.07) is 43.0. The van der Waals surface area contributed by atoms with Crippen LogP contribution in [0.5, 0.6) is 0 Å². The van der Waals surface area contributed by atoms with E-state index in [4.69, 9.17) is 8.83 Å². The van der Waals surface area contributed by atoms with E-state index >= 15 is 0 Å². The van der Waals surface area contributed by atoms with Crippen LogP contribution in [0.4, 0.5) is 0 Å². The van der Waals surface area contributed by atoms with Gasteiger partial charge in [0.15, 0.2) is 0 Å². The molecule has 0 saturated heterocycles. The Hall–Kier alpha value is -5.34. The highest BCUT2D eigenvalue weighted by atomic mass is 16.3. The van der Waals surface area contributed by atoms with Gasteiger partial charge >= 0.3 is 0 Å². The Kier molecular flexibility index (Phi) is 9.40. The number of benzene rings is 6. The molecule has 0 bridgehead atoms. The molecule has 1 aliphatic rings. The molecule has 0 atom stereocenters.